The summed E-state index contributed by atoms with van der Waals surface area (Å²) in [6.07, 6.45) is 1.40. The summed E-state index contributed by atoms with van der Waals surface area (Å²) >= 11 is 10.1. The Hall–Kier alpha value is -0.660. The Bertz CT molecular complexity index is 631. The summed E-state index contributed by atoms with van der Waals surface area (Å²) in [4.78, 5) is 25.9. The average molecular weight is 363 g/mol. The van der Waals surface area contributed by atoms with Crippen molar-refractivity contribution in [3.05, 3.63) is 33.7 Å². The van der Waals surface area contributed by atoms with Gasteiger partial charge in [0.15, 0.2) is 0 Å². The molecule has 1 heterocycles. The topological polar surface area (TPSA) is 63.7 Å². The smallest absolute Gasteiger partial charge is 0.544 e. The third kappa shape index (κ3) is 5.16. The van der Waals surface area contributed by atoms with Crippen LogP contribution in [0.3, 0.4) is 0 Å². The number of aliphatic carboxylic acids is 1. The molecule has 118 valence electrons. The molecule has 2 rings (SSSR count). The van der Waals surface area contributed by atoms with E-state index < -0.39 is 5.97 Å². The molecule has 23 heavy (non-hydrogen) atoms. The molecule has 0 spiro atoms. The second-order valence-corrected chi connectivity index (χ2v) is 5.87. The number of benzene rings is 1. The van der Waals surface area contributed by atoms with Crippen LogP contribution in [0.1, 0.15) is 12.5 Å². The number of carboxylic acids is 1. The predicted molar refractivity (Wildman–Crippen MR) is 87.9 cm³/mol. The van der Waals surface area contributed by atoms with Crippen LogP contribution in [0.4, 0.5) is 5.69 Å². The number of carbonyl (C=O) groups is 2. The van der Waals surface area contributed by atoms with E-state index in [9.17, 15) is 14.7 Å². The Balaban J connectivity index is 0.00000264. The number of rotatable bonds is 3. The van der Waals surface area contributed by atoms with Crippen molar-refractivity contribution in [2.75, 3.05) is 31.1 Å². The Kier molecular flexibility index (Phi) is 7.97. The zero-order valence-corrected chi connectivity index (χ0v) is 16.7. The number of anilines is 1. The van der Waals surface area contributed by atoms with Gasteiger partial charge in [0.1, 0.15) is 0 Å². The second kappa shape index (κ2) is 8.99. The van der Waals surface area contributed by atoms with Crippen LogP contribution in [0.5, 0.6) is 0 Å². The molecule has 1 fully saturated rings. The van der Waals surface area contributed by atoms with Gasteiger partial charge in [-0.2, -0.15) is 0 Å². The molecule has 1 saturated heterocycles. The molecule has 0 aromatic heterocycles. The van der Waals surface area contributed by atoms with E-state index in [4.69, 9.17) is 11.6 Å². The Labute approximate surface area is 168 Å². The quantitative estimate of drug-likeness (QED) is 0.385. The number of carbonyl (C=O) groups excluding carboxylic acids is 2. The van der Waals surface area contributed by atoms with Crippen LogP contribution in [-0.4, -0.2) is 43.0 Å². The average Bonchev–Trinajstić information content (AvgIpc) is 2.49. The first-order chi connectivity index (χ1) is 10.4. The summed E-state index contributed by atoms with van der Waals surface area (Å²) in [5.41, 5.74) is 1.41. The number of piperazine rings is 1. The molecule has 0 unspecified atom stereocenters. The minimum absolute atomic E-state index is 0. The molecule has 0 radical (unpaired) electrons. The van der Waals surface area contributed by atoms with E-state index in [1.165, 1.54) is 6.08 Å². The first-order valence-electron chi connectivity index (χ1n) is 6.81. The van der Waals surface area contributed by atoms with Gasteiger partial charge in [-0.3, -0.25) is 4.79 Å². The molecule has 0 N–H and O–H groups in total. The maximum absolute atomic E-state index is 11.4. The fraction of sp³-hybridized carbons (Fsp3) is 0.333. The van der Waals surface area contributed by atoms with Gasteiger partial charge in [-0.1, -0.05) is 17.7 Å². The van der Waals surface area contributed by atoms with Gasteiger partial charge in [0, 0.05) is 54.3 Å². The van der Waals surface area contributed by atoms with Crippen LogP contribution in [0.25, 0.3) is 6.08 Å². The minimum Gasteiger partial charge on any atom is -0.544 e. The molecule has 1 aliphatic heterocycles. The zero-order valence-electron chi connectivity index (χ0n) is 13.1. The Morgan fingerprint density at radius 2 is 1.87 bits per heavy atom. The van der Waals surface area contributed by atoms with E-state index in [-0.39, 0.29) is 40.4 Å². The van der Waals surface area contributed by atoms with E-state index in [2.05, 4.69) is 17.5 Å². The Morgan fingerprint density at radius 3 is 2.39 bits per heavy atom. The molecular weight excluding hydrogens is 347 g/mol. The van der Waals surface area contributed by atoms with E-state index in [1.54, 1.807) is 17.9 Å². The van der Waals surface area contributed by atoms with Crippen LogP contribution in [0.2, 0.25) is 5.02 Å². The molecule has 0 saturated carbocycles. The molecule has 0 atom stereocenters. The maximum Gasteiger partial charge on any atom is 1.00 e. The van der Waals surface area contributed by atoms with Crippen LogP contribution in [-0.2, 0) is 9.59 Å². The first kappa shape index (κ1) is 20.4. The summed E-state index contributed by atoms with van der Waals surface area (Å²) in [6.45, 7) is 4.12. The van der Waals surface area contributed by atoms with Gasteiger partial charge in [-0.25, -0.2) is 0 Å². The van der Waals surface area contributed by atoms with Crippen LogP contribution in [0.15, 0.2) is 23.1 Å². The predicted octanol–water partition coefficient (Wildman–Crippen LogP) is -1.97. The molecule has 1 aromatic carbocycles. The number of nitrogens with zero attached hydrogens (tertiary/aromatic N) is 2. The van der Waals surface area contributed by atoms with Crippen molar-refractivity contribution in [3.8, 4) is 0 Å². The third-order valence-corrected chi connectivity index (χ3v) is 4.23. The molecule has 5 nitrogen and oxygen atoms in total. The van der Waals surface area contributed by atoms with E-state index >= 15 is 0 Å². The van der Waals surface area contributed by atoms with Gasteiger partial charge in [-0.05, 0) is 18.2 Å². The molecule has 8 heteroatoms. The van der Waals surface area contributed by atoms with Crippen molar-refractivity contribution in [3.63, 3.8) is 0 Å². The molecule has 1 aromatic rings. The number of hydrogen-bond acceptors (Lipinski definition) is 5. The van der Waals surface area contributed by atoms with Crippen molar-refractivity contribution in [2.45, 2.75) is 6.92 Å². The van der Waals surface area contributed by atoms with E-state index in [1.807, 2.05) is 12.1 Å². The molecule has 0 aliphatic carbocycles. The summed E-state index contributed by atoms with van der Waals surface area (Å²) in [6, 6.07) is 5.38. The molecule has 1 amide bonds. The normalized spacial score (nSPS) is 15.2. The fourth-order valence-corrected chi connectivity index (χ4v) is 2.76. The second-order valence-electron chi connectivity index (χ2n) is 4.98. The van der Waals surface area contributed by atoms with Crippen LogP contribution >= 0.6 is 24.2 Å². The van der Waals surface area contributed by atoms with Gasteiger partial charge in [-0.15, -0.1) is 12.6 Å². The Morgan fingerprint density at radius 1 is 1.26 bits per heavy atom. The number of halogens is 1. The van der Waals surface area contributed by atoms with E-state index in [0.29, 0.717) is 36.8 Å². The van der Waals surface area contributed by atoms with Crippen LogP contribution in [0, 0.1) is 0 Å². The standard InChI is InChI=1S/C15H17ClN2O3S.Na/c1-10(19)17-5-7-18(8-6-17)13-4-2-3-12(16)11(13)9-14(22)15(20)21;/h2-4,9,22H,5-8H2,1H3,(H,20,21);/q;+1/p-1/b14-9-;. The summed E-state index contributed by atoms with van der Waals surface area (Å²) in [5.74, 6) is -1.30. The molecule has 0 bridgehead atoms. The molecular formula is C15H16ClN2NaO3S. The minimum atomic E-state index is -1.35. The van der Waals surface area contributed by atoms with Crippen molar-refractivity contribution in [2.24, 2.45) is 0 Å². The first-order valence-corrected chi connectivity index (χ1v) is 7.63. The van der Waals surface area contributed by atoms with Gasteiger partial charge in [0.05, 0.1) is 5.97 Å². The number of amides is 1. The summed E-state index contributed by atoms with van der Waals surface area (Å²) in [5, 5.41) is 11.3. The van der Waals surface area contributed by atoms with Crippen molar-refractivity contribution in [1.29, 1.82) is 0 Å². The molecule has 1 aliphatic rings. The van der Waals surface area contributed by atoms with Crippen molar-refractivity contribution < 1.29 is 44.3 Å². The van der Waals surface area contributed by atoms with Gasteiger partial charge < -0.3 is 19.7 Å². The summed E-state index contributed by atoms with van der Waals surface area (Å²) < 4.78 is 0. The maximum atomic E-state index is 11.4. The number of thiol groups is 1. The monoisotopic (exact) mass is 362 g/mol. The summed E-state index contributed by atoms with van der Waals surface area (Å²) in [7, 11) is 0. The largest absolute Gasteiger partial charge is 1.00 e. The fourth-order valence-electron chi connectivity index (χ4n) is 2.40. The zero-order chi connectivity index (χ0) is 16.3. The van der Waals surface area contributed by atoms with Crippen LogP contribution < -0.4 is 39.6 Å². The van der Waals surface area contributed by atoms with Gasteiger partial charge >= 0.3 is 29.6 Å². The SMILES string of the molecule is CC(=O)N1CCN(c2cccc(Cl)c2/C=C(\S)C(=O)[O-])CC1.[Na+]. The van der Waals surface area contributed by atoms with Gasteiger partial charge in [0.2, 0.25) is 5.91 Å². The third-order valence-electron chi connectivity index (χ3n) is 3.59. The van der Waals surface area contributed by atoms with Gasteiger partial charge in [0.25, 0.3) is 0 Å². The van der Waals surface area contributed by atoms with Crippen molar-refractivity contribution in [1.82, 2.24) is 4.90 Å². The number of hydrogen-bond donors (Lipinski definition) is 1. The number of carboxylic acid groups (broad SMARTS) is 1. The van der Waals surface area contributed by atoms with Crippen molar-refractivity contribution >= 4 is 47.9 Å². The van der Waals surface area contributed by atoms with E-state index in [0.717, 1.165) is 5.69 Å².